The highest BCUT2D eigenvalue weighted by Crippen LogP contribution is 2.22. The van der Waals surface area contributed by atoms with Crippen molar-refractivity contribution in [1.82, 2.24) is 9.97 Å². The van der Waals surface area contributed by atoms with Gasteiger partial charge in [0.1, 0.15) is 6.20 Å². The van der Waals surface area contributed by atoms with Gasteiger partial charge in [-0.2, -0.15) is 4.98 Å². The van der Waals surface area contributed by atoms with Crippen LogP contribution in [0, 0.1) is 10.1 Å². The average Bonchev–Trinajstić information content (AvgIpc) is 2.44. The number of rotatable bonds is 5. The van der Waals surface area contributed by atoms with Crippen molar-refractivity contribution in [3.63, 3.8) is 0 Å². The number of hydrogen-bond donors (Lipinski definition) is 2. The molecule has 1 aromatic carbocycles. The molecule has 7 nitrogen and oxygen atoms in total. The van der Waals surface area contributed by atoms with Crippen LogP contribution in [0.1, 0.15) is 5.56 Å². The highest BCUT2D eigenvalue weighted by molar-refractivity contribution is 9.10. The fourth-order valence-corrected chi connectivity index (χ4v) is 2.04. The minimum Gasteiger partial charge on any atom is -0.360 e. The van der Waals surface area contributed by atoms with Crippen LogP contribution in [-0.4, -0.2) is 21.9 Å². The summed E-state index contributed by atoms with van der Waals surface area (Å²) in [6, 6.07) is 7.66. The topological polar surface area (TPSA) is 93.0 Å². The Morgan fingerprint density at radius 2 is 2.25 bits per heavy atom. The van der Waals surface area contributed by atoms with Crippen molar-refractivity contribution in [3.05, 3.63) is 50.6 Å². The van der Waals surface area contributed by atoms with Crippen LogP contribution >= 0.6 is 15.9 Å². The van der Waals surface area contributed by atoms with Crippen molar-refractivity contribution < 1.29 is 4.92 Å². The predicted octanol–water partition coefficient (Wildman–Crippen LogP) is 2.80. The zero-order valence-electron chi connectivity index (χ0n) is 10.6. The fraction of sp³-hybridized carbons (Fsp3) is 0.167. The zero-order chi connectivity index (χ0) is 14.5. The molecule has 0 saturated heterocycles. The van der Waals surface area contributed by atoms with E-state index in [1.807, 2.05) is 24.3 Å². The highest BCUT2D eigenvalue weighted by Gasteiger charge is 2.16. The van der Waals surface area contributed by atoms with Gasteiger partial charge in [-0.1, -0.05) is 28.1 Å². The second-order valence-electron chi connectivity index (χ2n) is 3.92. The Morgan fingerprint density at radius 1 is 1.45 bits per heavy atom. The maximum Gasteiger partial charge on any atom is 0.329 e. The maximum atomic E-state index is 10.9. The molecular weight excluding hydrogens is 326 g/mol. The molecule has 104 valence electrons. The van der Waals surface area contributed by atoms with E-state index >= 15 is 0 Å². The standard InChI is InChI=1S/C12H12BrN5O2/c1-14-12-16-7-10(18(19)20)11(17-12)15-6-8-3-2-4-9(13)5-8/h2-5,7H,6H2,1H3,(H2,14,15,16,17). The first kappa shape index (κ1) is 14.2. The van der Waals surface area contributed by atoms with Crippen LogP contribution in [0.25, 0.3) is 0 Å². The maximum absolute atomic E-state index is 10.9. The molecule has 0 unspecified atom stereocenters. The van der Waals surface area contributed by atoms with Gasteiger partial charge in [0.25, 0.3) is 0 Å². The molecule has 1 aromatic heterocycles. The van der Waals surface area contributed by atoms with E-state index in [1.54, 1.807) is 7.05 Å². The van der Waals surface area contributed by atoms with Gasteiger partial charge in [-0.3, -0.25) is 10.1 Å². The van der Waals surface area contributed by atoms with Gasteiger partial charge in [0, 0.05) is 18.1 Å². The fourth-order valence-electron chi connectivity index (χ4n) is 1.59. The molecule has 0 fully saturated rings. The molecule has 0 atom stereocenters. The molecule has 2 aromatic rings. The van der Waals surface area contributed by atoms with Gasteiger partial charge in [-0.25, -0.2) is 4.98 Å². The number of hydrogen-bond acceptors (Lipinski definition) is 6. The molecule has 20 heavy (non-hydrogen) atoms. The quantitative estimate of drug-likeness (QED) is 0.643. The highest BCUT2D eigenvalue weighted by atomic mass is 79.9. The largest absolute Gasteiger partial charge is 0.360 e. The number of halogens is 1. The number of aromatic nitrogens is 2. The van der Waals surface area contributed by atoms with Crippen LogP contribution in [0.2, 0.25) is 0 Å². The first-order chi connectivity index (χ1) is 9.60. The summed E-state index contributed by atoms with van der Waals surface area (Å²) in [7, 11) is 1.65. The normalized spacial score (nSPS) is 10.1. The number of anilines is 2. The Morgan fingerprint density at radius 3 is 2.90 bits per heavy atom. The first-order valence-electron chi connectivity index (χ1n) is 5.77. The third-order valence-electron chi connectivity index (χ3n) is 2.54. The lowest BCUT2D eigenvalue weighted by Gasteiger charge is -2.07. The summed E-state index contributed by atoms with van der Waals surface area (Å²) in [6.07, 6.45) is 1.18. The average molecular weight is 338 g/mol. The van der Waals surface area contributed by atoms with Crippen molar-refractivity contribution in [1.29, 1.82) is 0 Å². The van der Waals surface area contributed by atoms with Gasteiger partial charge in [0.05, 0.1) is 4.92 Å². The van der Waals surface area contributed by atoms with E-state index in [2.05, 4.69) is 36.5 Å². The van der Waals surface area contributed by atoms with E-state index in [1.165, 1.54) is 6.20 Å². The van der Waals surface area contributed by atoms with E-state index < -0.39 is 4.92 Å². The lowest BCUT2D eigenvalue weighted by molar-refractivity contribution is -0.384. The number of nitrogens with zero attached hydrogens (tertiary/aromatic N) is 3. The molecule has 0 saturated carbocycles. The Bertz CT molecular complexity index is 635. The summed E-state index contributed by atoms with van der Waals surface area (Å²) in [5.74, 6) is 0.515. The van der Waals surface area contributed by atoms with Gasteiger partial charge < -0.3 is 10.6 Å². The Labute approximate surface area is 123 Å². The zero-order valence-corrected chi connectivity index (χ0v) is 12.2. The first-order valence-corrected chi connectivity index (χ1v) is 6.57. The number of nitro groups is 1. The summed E-state index contributed by atoms with van der Waals surface area (Å²) < 4.78 is 0.949. The number of benzene rings is 1. The van der Waals surface area contributed by atoms with Crippen LogP contribution in [0.4, 0.5) is 17.5 Å². The Balaban J connectivity index is 2.21. The third kappa shape index (κ3) is 3.41. The SMILES string of the molecule is CNc1ncc([N+](=O)[O-])c(NCc2cccc(Br)c2)n1. The Hall–Kier alpha value is -2.22. The van der Waals surface area contributed by atoms with Crippen LogP contribution in [0.3, 0.4) is 0 Å². The summed E-state index contributed by atoms with van der Waals surface area (Å²) in [6.45, 7) is 0.431. The third-order valence-corrected chi connectivity index (χ3v) is 3.03. The van der Waals surface area contributed by atoms with Crippen molar-refractivity contribution in [2.24, 2.45) is 0 Å². The van der Waals surface area contributed by atoms with Gasteiger partial charge in [0.15, 0.2) is 0 Å². The second kappa shape index (κ2) is 6.29. The molecule has 0 aliphatic heterocycles. The van der Waals surface area contributed by atoms with Gasteiger partial charge in [-0.05, 0) is 17.7 Å². The van der Waals surface area contributed by atoms with Gasteiger partial charge in [0.2, 0.25) is 11.8 Å². The summed E-state index contributed by atoms with van der Waals surface area (Å²) in [5, 5.41) is 16.7. The Kier molecular flexibility index (Phi) is 4.46. The van der Waals surface area contributed by atoms with Gasteiger partial charge in [-0.15, -0.1) is 0 Å². The van der Waals surface area contributed by atoms with E-state index in [9.17, 15) is 10.1 Å². The van der Waals surface area contributed by atoms with E-state index in [0.717, 1.165) is 10.0 Å². The van der Waals surface area contributed by atoms with Crippen LogP contribution < -0.4 is 10.6 Å². The molecule has 0 aliphatic carbocycles. The smallest absolute Gasteiger partial charge is 0.329 e. The molecule has 2 rings (SSSR count). The molecule has 0 aliphatic rings. The molecule has 2 N–H and O–H groups in total. The molecule has 1 heterocycles. The van der Waals surface area contributed by atoms with Crippen molar-refractivity contribution in [2.75, 3.05) is 17.7 Å². The summed E-state index contributed by atoms with van der Waals surface area (Å²) in [5.41, 5.74) is 0.831. The van der Waals surface area contributed by atoms with E-state index in [0.29, 0.717) is 12.5 Å². The van der Waals surface area contributed by atoms with Crippen LogP contribution in [-0.2, 0) is 6.54 Å². The predicted molar refractivity (Wildman–Crippen MR) is 79.7 cm³/mol. The van der Waals surface area contributed by atoms with Crippen molar-refractivity contribution in [3.8, 4) is 0 Å². The minimum absolute atomic E-state index is 0.154. The van der Waals surface area contributed by atoms with E-state index in [4.69, 9.17) is 0 Å². The molecule has 8 heteroatoms. The van der Waals surface area contributed by atoms with Crippen LogP contribution in [0.5, 0.6) is 0 Å². The molecule has 0 spiro atoms. The summed E-state index contributed by atoms with van der Waals surface area (Å²) in [4.78, 5) is 18.3. The molecular formula is C12H12BrN5O2. The molecule has 0 bridgehead atoms. The monoisotopic (exact) mass is 337 g/mol. The van der Waals surface area contributed by atoms with Crippen molar-refractivity contribution >= 4 is 33.4 Å². The second-order valence-corrected chi connectivity index (χ2v) is 4.83. The minimum atomic E-state index is -0.511. The van der Waals surface area contributed by atoms with Crippen molar-refractivity contribution in [2.45, 2.75) is 6.54 Å². The lowest BCUT2D eigenvalue weighted by Crippen LogP contribution is -2.07. The summed E-state index contributed by atoms with van der Waals surface area (Å²) >= 11 is 3.38. The lowest BCUT2D eigenvalue weighted by atomic mass is 10.2. The van der Waals surface area contributed by atoms with E-state index in [-0.39, 0.29) is 11.5 Å². The number of nitrogens with one attached hydrogen (secondary N) is 2. The van der Waals surface area contributed by atoms with Gasteiger partial charge >= 0.3 is 5.69 Å². The van der Waals surface area contributed by atoms with Crippen LogP contribution in [0.15, 0.2) is 34.9 Å². The molecule has 0 amide bonds. The molecule has 0 radical (unpaired) electrons.